The molecule has 0 unspecified atom stereocenters. The molecule has 0 aliphatic carbocycles. The van der Waals surface area contributed by atoms with E-state index in [1.165, 1.54) is 11.1 Å². The molecule has 0 saturated carbocycles. The summed E-state index contributed by atoms with van der Waals surface area (Å²) >= 11 is 0. The highest BCUT2D eigenvalue weighted by atomic mass is 35.5. The molecule has 1 aliphatic rings. The Labute approximate surface area is 116 Å². The number of Topliss-reactive ketones (excluding diaryl/α,β-unsaturated/α-hetero) is 1. The number of carbonyl (C=O) groups is 1. The number of rotatable bonds is 3. The van der Waals surface area contributed by atoms with Crippen molar-refractivity contribution >= 4 is 18.2 Å². The summed E-state index contributed by atoms with van der Waals surface area (Å²) < 4.78 is 0. The first-order chi connectivity index (χ1) is 8.19. The van der Waals surface area contributed by atoms with Crippen molar-refractivity contribution in [1.82, 2.24) is 5.32 Å². The van der Waals surface area contributed by atoms with Gasteiger partial charge in [-0.3, -0.25) is 4.79 Å². The smallest absolute Gasteiger partial charge is 0.143 e. The molecule has 0 bridgehead atoms. The van der Waals surface area contributed by atoms with Gasteiger partial charge in [0.25, 0.3) is 0 Å². The monoisotopic (exact) mass is 267 g/mol. The largest absolute Gasteiger partial charge is 0.317 e. The van der Waals surface area contributed by atoms with Gasteiger partial charge in [-0.25, -0.2) is 0 Å². The summed E-state index contributed by atoms with van der Waals surface area (Å²) in [5.74, 6) is 0.392. The van der Waals surface area contributed by atoms with Crippen LogP contribution < -0.4 is 5.32 Å². The topological polar surface area (TPSA) is 29.1 Å². The van der Waals surface area contributed by atoms with Crippen LogP contribution in [0.1, 0.15) is 37.3 Å². The van der Waals surface area contributed by atoms with E-state index in [-0.39, 0.29) is 17.8 Å². The number of halogens is 1. The molecule has 0 radical (unpaired) electrons. The lowest BCUT2D eigenvalue weighted by Crippen LogP contribution is -2.45. The third kappa shape index (κ3) is 2.76. The van der Waals surface area contributed by atoms with Crippen LogP contribution in [0.5, 0.6) is 0 Å². The van der Waals surface area contributed by atoms with E-state index in [1.54, 1.807) is 0 Å². The highest BCUT2D eigenvalue weighted by Gasteiger charge is 2.39. The van der Waals surface area contributed by atoms with Crippen LogP contribution in [0.15, 0.2) is 24.3 Å². The van der Waals surface area contributed by atoms with E-state index in [0.29, 0.717) is 12.2 Å². The molecule has 3 heteroatoms. The molecule has 0 spiro atoms. The Morgan fingerprint density at radius 3 is 2.28 bits per heavy atom. The van der Waals surface area contributed by atoms with Crippen LogP contribution in [-0.4, -0.2) is 18.9 Å². The quantitative estimate of drug-likeness (QED) is 0.912. The van der Waals surface area contributed by atoms with Gasteiger partial charge in [0.15, 0.2) is 0 Å². The molecule has 2 nitrogen and oxygen atoms in total. The standard InChI is InChI=1S/C15H21NO.ClH/c1-3-14(17)15(8-10-16-11-9-15)13-6-4-12(2)5-7-13;/h4-7,16H,3,8-11H2,1-2H3;1H. The Bertz CT molecular complexity index is 393. The zero-order chi connectivity index (χ0) is 12.3. The molecule has 18 heavy (non-hydrogen) atoms. The van der Waals surface area contributed by atoms with Crippen molar-refractivity contribution < 1.29 is 4.79 Å². The van der Waals surface area contributed by atoms with Gasteiger partial charge in [-0.1, -0.05) is 36.8 Å². The van der Waals surface area contributed by atoms with Gasteiger partial charge in [-0.15, -0.1) is 12.4 Å². The van der Waals surface area contributed by atoms with E-state index in [0.717, 1.165) is 25.9 Å². The van der Waals surface area contributed by atoms with Crippen LogP contribution in [0.25, 0.3) is 0 Å². The van der Waals surface area contributed by atoms with Crippen molar-refractivity contribution in [3.8, 4) is 0 Å². The van der Waals surface area contributed by atoms with Crippen LogP contribution in [0, 0.1) is 6.92 Å². The second-order valence-electron chi connectivity index (χ2n) is 4.97. The fourth-order valence-electron chi connectivity index (χ4n) is 2.79. The third-order valence-electron chi connectivity index (χ3n) is 3.92. The predicted molar refractivity (Wildman–Crippen MR) is 77.5 cm³/mol. The van der Waals surface area contributed by atoms with Gasteiger partial charge in [0.2, 0.25) is 0 Å². The van der Waals surface area contributed by atoms with Crippen molar-refractivity contribution in [3.63, 3.8) is 0 Å². The Balaban J connectivity index is 0.00000162. The molecule has 1 fully saturated rings. The summed E-state index contributed by atoms with van der Waals surface area (Å²) in [6.07, 6.45) is 2.50. The molecule has 1 saturated heterocycles. The SMILES string of the molecule is CCC(=O)C1(c2ccc(C)cc2)CCNCC1.Cl. The summed E-state index contributed by atoms with van der Waals surface area (Å²) in [6, 6.07) is 8.49. The van der Waals surface area contributed by atoms with Gasteiger partial charge in [-0.2, -0.15) is 0 Å². The number of ketones is 1. The summed E-state index contributed by atoms with van der Waals surface area (Å²) in [5, 5.41) is 3.35. The molecular formula is C15H22ClNO. The van der Waals surface area contributed by atoms with Gasteiger partial charge >= 0.3 is 0 Å². The predicted octanol–water partition coefficient (Wildman–Crippen LogP) is 3.02. The summed E-state index contributed by atoms with van der Waals surface area (Å²) in [6.45, 7) is 5.94. The lowest BCUT2D eigenvalue weighted by Gasteiger charge is -2.36. The summed E-state index contributed by atoms with van der Waals surface area (Å²) in [7, 11) is 0. The molecule has 2 rings (SSSR count). The molecule has 1 heterocycles. The number of aryl methyl sites for hydroxylation is 1. The normalized spacial score (nSPS) is 17.9. The average Bonchev–Trinajstić information content (AvgIpc) is 2.39. The van der Waals surface area contributed by atoms with E-state index in [9.17, 15) is 4.79 Å². The Kier molecular flexibility index (Phi) is 5.36. The number of benzene rings is 1. The van der Waals surface area contributed by atoms with Crippen molar-refractivity contribution in [2.24, 2.45) is 0 Å². The first-order valence-corrected chi connectivity index (χ1v) is 6.50. The third-order valence-corrected chi connectivity index (χ3v) is 3.92. The number of hydrogen-bond acceptors (Lipinski definition) is 2. The fourth-order valence-corrected chi connectivity index (χ4v) is 2.79. The molecular weight excluding hydrogens is 246 g/mol. The first kappa shape index (κ1) is 15.2. The molecule has 1 aromatic rings. The second-order valence-corrected chi connectivity index (χ2v) is 4.97. The van der Waals surface area contributed by atoms with Gasteiger partial charge < -0.3 is 5.32 Å². The number of carbonyl (C=O) groups excluding carboxylic acids is 1. The number of hydrogen-bond donors (Lipinski definition) is 1. The van der Waals surface area contributed by atoms with E-state index in [1.807, 2.05) is 6.92 Å². The molecule has 1 aliphatic heterocycles. The van der Waals surface area contributed by atoms with E-state index in [4.69, 9.17) is 0 Å². The minimum Gasteiger partial charge on any atom is -0.317 e. The van der Waals surface area contributed by atoms with Crippen LogP contribution in [0.4, 0.5) is 0 Å². The maximum atomic E-state index is 12.3. The van der Waals surface area contributed by atoms with Gasteiger partial charge in [-0.05, 0) is 38.4 Å². The van der Waals surface area contributed by atoms with Crippen molar-refractivity contribution in [3.05, 3.63) is 35.4 Å². The van der Waals surface area contributed by atoms with Crippen molar-refractivity contribution in [1.29, 1.82) is 0 Å². The second kappa shape index (κ2) is 6.35. The highest BCUT2D eigenvalue weighted by molar-refractivity contribution is 5.90. The molecule has 100 valence electrons. The molecule has 1 N–H and O–H groups in total. The molecule has 0 atom stereocenters. The van der Waals surface area contributed by atoms with Crippen molar-refractivity contribution in [2.75, 3.05) is 13.1 Å². The minimum absolute atomic E-state index is 0. The average molecular weight is 268 g/mol. The van der Waals surface area contributed by atoms with Crippen LogP contribution in [-0.2, 0) is 10.2 Å². The van der Waals surface area contributed by atoms with E-state index in [2.05, 4.69) is 36.5 Å². The van der Waals surface area contributed by atoms with Crippen LogP contribution >= 0.6 is 12.4 Å². The van der Waals surface area contributed by atoms with Gasteiger partial charge in [0.05, 0.1) is 5.41 Å². The minimum atomic E-state index is -0.228. The zero-order valence-electron chi connectivity index (χ0n) is 11.2. The molecule has 0 amide bonds. The maximum absolute atomic E-state index is 12.3. The first-order valence-electron chi connectivity index (χ1n) is 6.50. The summed E-state index contributed by atoms with van der Waals surface area (Å²) in [4.78, 5) is 12.3. The lowest BCUT2D eigenvalue weighted by molar-refractivity contribution is -0.125. The highest BCUT2D eigenvalue weighted by Crippen LogP contribution is 2.35. The molecule has 1 aromatic carbocycles. The Hall–Kier alpha value is -0.860. The number of nitrogens with one attached hydrogen (secondary N) is 1. The van der Waals surface area contributed by atoms with Crippen molar-refractivity contribution in [2.45, 2.75) is 38.5 Å². The Morgan fingerprint density at radius 1 is 1.22 bits per heavy atom. The van der Waals surface area contributed by atoms with Gasteiger partial charge in [0.1, 0.15) is 5.78 Å². The Morgan fingerprint density at radius 2 is 1.78 bits per heavy atom. The van der Waals surface area contributed by atoms with Crippen LogP contribution in [0.2, 0.25) is 0 Å². The maximum Gasteiger partial charge on any atom is 0.143 e. The fraction of sp³-hybridized carbons (Fsp3) is 0.533. The van der Waals surface area contributed by atoms with Gasteiger partial charge in [0, 0.05) is 6.42 Å². The summed E-state index contributed by atoms with van der Waals surface area (Å²) in [5.41, 5.74) is 2.23. The lowest BCUT2D eigenvalue weighted by atomic mass is 9.69. The van der Waals surface area contributed by atoms with E-state index >= 15 is 0 Å². The van der Waals surface area contributed by atoms with E-state index < -0.39 is 0 Å². The van der Waals surface area contributed by atoms with Crippen LogP contribution in [0.3, 0.4) is 0 Å². The molecule has 0 aromatic heterocycles. The number of piperidine rings is 1. The zero-order valence-corrected chi connectivity index (χ0v) is 12.0.